The van der Waals surface area contributed by atoms with E-state index < -0.39 is 5.97 Å². The maximum absolute atomic E-state index is 10.6. The molecule has 0 radical (unpaired) electrons. The molecule has 1 aromatic rings. The Balaban J connectivity index is 2.13. The lowest BCUT2D eigenvalue weighted by atomic mass is 10.2. The highest BCUT2D eigenvalue weighted by atomic mass is 32.1. The molecule has 1 aliphatic heterocycles. The molecular formula is C9H12N2O2S. The molecule has 1 aliphatic rings. The Morgan fingerprint density at radius 1 is 1.79 bits per heavy atom. The van der Waals surface area contributed by atoms with E-state index in [0.29, 0.717) is 10.8 Å². The van der Waals surface area contributed by atoms with Crippen LogP contribution in [0.25, 0.3) is 0 Å². The van der Waals surface area contributed by atoms with Gasteiger partial charge in [0.2, 0.25) is 0 Å². The summed E-state index contributed by atoms with van der Waals surface area (Å²) in [6.45, 7) is 4.19. The maximum atomic E-state index is 10.6. The molecule has 14 heavy (non-hydrogen) atoms. The van der Waals surface area contributed by atoms with Crippen molar-refractivity contribution in [2.45, 2.75) is 13.3 Å². The monoisotopic (exact) mass is 212 g/mol. The van der Waals surface area contributed by atoms with Crippen molar-refractivity contribution in [3.05, 3.63) is 11.1 Å². The van der Waals surface area contributed by atoms with E-state index in [1.807, 2.05) is 0 Å². The molecule has 1 unspecified atom stereocenters. The highest BCUT2D eigenvalue weighted by Crippen LogP contribution is 2.27. The molecule has 0 aliphatic carbocycles. The summed E-state index contributed by atoms with van der Waals surface area (Å²) < 4.78 is 0. The van der Waals surface area contributed by atoms with Crippen LogP contribution in [-0.2, 0) is 0 Å². The van der Waals surface area contributed by atoms with E-state index in [2.05, 4.69) is 16.8 Å². The zero-order valence-corrected chi connectivity index (χ0v) is 8.75. The van der Waals surface area contributed by atoms with Crippen molar-refractivity contribution in [1.82, 2.24) is 4.98 Å². The predicted molar refractivity (Wildman–Crippen MR) is 55.1 cm³/mol. The Morgan fingerprint density at radius 3 is 3.07 bits per heavy atom. The van der Waals surface area contributed by atoms with Gasteiger partial charge in [0, 0.05) is 13.1 Å². The Bertz CT molecular complexity index is 350. The summed E-state index contributed by atoms with van der Waals surface area (Å²) in [7, 11) is 0. The van der Waals surface area contributed by atoms with Gasteiger partial charge in [0.05, 0.1) is 6.20 Å². The number of hydrogen-bond donors (Lipinski definition) is 1. The molecule has 1 fully saturated rings. The van der Waals surface area contributed by atoms with Crippen molar-refractivity contribution in [2.24, 2.45) is 5.92 Å². The van der Waals surface area contributed by atoms with Gasteiger partial charge < -0.3 is 10.0 Å². The van der Waals surface area contributed by atoms with Gasteiger partial charge in [-0.3, -0.25) is 0 Å². The lowest BCUT2D eigenvalue weighted by Gasteiger charge is -2.12. The molecule has 5 heteroatoms. The van der Waals surface area contributed by atoms with E-state index in [1.165, 1.54) is 24.0 Å². The van der Waals surface area contributed by atoms with Crippen LogP contribution < -0.4 is 4.90 Å². The maximum Gasteiger partial charge on any atom is 0.347 e. The van der Waals surface area contributed by atoms with Gasteiger partial charge in [0.1, 0.15) is 4.88 Å². The van der Waals surface area contributed by atoms with Gasteiger partial charge in [-0.25, -0.2) is 9.78 Å². The Hall–Kier alpha value is -1.10. The van der Waals surface area contributed by atoms with Crippen LogP contribution in [0.4, 0.5) is 5.13 Å². The number of carbonyl (C=O) groups is 1. The number of aromatic carboxylic acids is 1. The summed E-state index contributed by atoms with van der Waals surface area (Å²) in [5.41, 5.74) is 0. The molecule has 1 atom stereocenters. The zero-order valence-electron chi connectivity index (χ0n) is 7.93. The standard InChI is InChI=1S/C9H12N2O2S/c1-6-2-3-11(5-6)9-10-4-7(14-9)8(12)13/h4,6H,2-3,5H2,1H3,(H,12,13). The van der Waals surface area contributed by atoms with Gasteiger partial charge in [-0.1, -0.05) is 18.3 Å². The quantitative estimate of drug-likeness (QED) is 0.810. The van der Waals surface area contributed by atoms with Gasteiger partial charge in [0.15, 0.2) is 5.13 Å². The van der Waals surface area contributed by atoms with E-state index in [9.17, 15) is 4.79 Å². The molecular weight excluding hydrogens is 200 g/mol. The van der Waals surface area contributed by atoms with Crippen molar-refractivity contribution in [2.75, 3.05) is 18.0 Å². The lowest BCUT2D eigenvalue weighted by Crippen LogP contribution is -2.18. The van der Waals surface area contributed by atoms with Crippen molar-refractivity contribution in [1.29, 1.82) is 0 Å². The van der Waals surface area contributed by atoms with Gasteiger partial charge in [-0.2, -0.15) is 0 Å². The van der Waals surface area contributed by atoms with Crippen LogP contribution in [0.15, 0.2) is 6.20 Å². The van der Waals surface area contributed by atoms with Crippen LogP contribution in [0.5, 0.6) is 0 Å². The minimum atomic E-state index is -0.888. The Morgan fingerprint density at radius 2 is 2.57 bits per heavy atom. The molecule has 0 aromatic carbocycles. The van der Waals surface area contributed by atoms with Gasteiger partial charge in [0.25, 0.3) is 0 Å². The van der Waals surface area contributed by atoms with E-state index >= 15 is 0 Å². The second kappa shape index (κ2) is 3.57. The zero-order chi connectivity index (χ0) is 10.1. The second-order valence-electron chi connectivity index (χ2n) is 3.65. The van der Waals surface area contributed by atoms with Crippen LogP contribution >= 0.6 is 11.3 Å². The molecule has 0 amide bonds. The Labute approximate surface area is 86.2 Å². The lowest BCUT2D eigenvalue weighted by molar-refractivity contribution is 0.0702. The van der Waals surface area contributed by atoms with E-state index in [4.69, 9.17) is 5.11 Å². The van der Waals surface area contributed by atoms with Crippen LogP contribution in [0, 0.1) is 5.92 Å². The van der Waals surface area contributed by atoms with Crippen molar-refractivity contribution >= 4 is 22.4 Å². The summed E-state index contributed by atoms with van der Waals surface area (Å²) in [5.74, 6) is -0.201. The molecule has 1 aromatic heterocycles. The topological polar surface area (TPSA) is 53.4 Å². The third-order valence-electron chi connectivity index (χ3n) is 2.40. The number of anilines is 1. The average molecular weight is 212 g/mol. The third-order valence-corrected chi connectivity index (χ3v) is 3.44. The molecule has 2 rings (SSSR count). The molecule has 76 valence electrons. The molecule has 2 heterocycles. The smallest absolute Gasteiger partial charge is 0.347 e. The molecule has 1 N–H and O–H groups in total. The van der Waals surface area contributed by atoms with E-state index in [1.54, 1.807) is 0 Å². The summed E-state index contributed by atoms with van der Waals surface area (Å²) >= 11 is 1.26. The minimum Gasteiger partial charge on any atom is -0.477 e. The molecule has 1 saturated heterocycles. The first kappa shape index (κ1) is 9.45. The number of carboxylic acids is 1. The highest BCUT2D eigenvalue weighted by Gasteiger charge is 2.22. The third kappa shape index (κ3) is 1.72. The summed E-state index contributed by atoms with van der Waals surface area (Å²) in [5, 5.41) is 9.58. The fourth-order valence-electron chi connectivity index (χ4n) is 1.62. The second-order valence-corrected chi connectivity index (χ2v) is 4.66. The first-order valence-corrected chi connectivity index (χ1v) is 5.42. The average Bonchev–Trinajstić information content (AvgIpc) is 2.70. The van der Waals surface area contributed by atoms with Gasteiger partial charge >= 0.3 is 5.97 Å². The molecule has 0 spiro atoms. The van der Waals surface area contributed by atoms with E-state index in [-0.39, 0.29) is 0 Å². The first-order chi connectivity index (χ1) is 6.66. The fourth-order valence-corrected chi connectivity index (χ4v) is 2.41. The normalized spacial score (nSPS) is 21.5. The van der Waals surface area contributed by atoms with Crippen LogP contribution in [0.3, 0.4) is 0 Å². The van der Waals surface area contributed by atoms with Crippen molar-refractivity contribution in [3.63, 3.8) is 0 Å². The SMILES string of the molecule is CC1CCN(c2ncc(C(=O)O)s2)C1. The number of rotatable bonds is 2. The largest absolute Gasteiger partial charge is 0.477 e. The van der Waals surface area contributed by atoms with Gasteiger partial charge in [-0.15, -0.1) is 0 Å². The summed E-state index contributed by atoms with van der Waals surface area (Å²) in [4.78, 5) is 17.2. The Kier molecular flexibility index (Phi) is 2.41. The van der Waals surface area contributed by atoms with Crippen molar-refractivity contribution in [3.8, 4) is 0 Å². The summed E-state index contributed by atoms with van der Waals surface area (Å²) in [6.07, 6.45) is 2.60. The van der Waals surface area contributed by atoms with Crippen molar-refractivity contribution < 1.29 is 9.90 Å². The molecule has 0 bridgehead atoms. The van der Waals surface area contributed by atoms with Crippen LogP contribution in [0.2, 0.25) is 0 Å². The fraction of sp³-hybridized carbons (Fsp3) is 0.556. The predicted octanol–water partition coefficient (Wildman–Crippen LogP) is 1.69. The van der Waals surface area contributed by atoms with E-state index in [0.717, 1.165) is 18.2 Å². The number of aromatic nitrogens is 1. The summed E-state index contributed by atoms with van der Waals surface area (Å²) in [6, 6.07) is 0. The minimum absolute atomic E-state index is 0.319. The first-order valence-electron chi connectivity index (χ1n) is 4.61. The van der Waals surface area contributed by atoms with Gasteiger partial charge in [-0.05, 0) is 12.3 Å². The van der Waals surface area contributed by atoms with Crippen LogP contribution in [-0.4, -0.2) is 29.1 Å². The highest BCUT2D eigenvalue weighted by molar-refractivity contribution is 7.17. The number of thiazole rings is 1. The van der Waals surface area contributed by atoms with Crippen LogP contribution in [0.1, 0.15) is 23.0 Å². The number of carboxylic acid groups (broad SMARTS) is 1. The number of hydrogen-bond acceptors (Lipinski definition) is 4. The number of nitrogens with zero attached hydrogens (tertiary/aromatic N) is 2. The molecule has 0 saturated carbocycles. The molecule has 4 nitrogen and oxygen atoms in total.